The first-order chi connectivity index (χ1) is 9.69. The van der Waals surface area contributed by atoms with E-state index in [0.717, 1.165) is 0 Å². The molecule has 1 unspecified atom stereocenters. The van der Waals surface area contributed by atoms with Crippen LogP contribution in [0.25, 0.3) is 0 Å². The van der Waals surface area contributed by atoms with Gasteiger partial charge in [-0.15, -0.1) is 0 Å². The molecule has 1 atom stereocenters. The van der Waals surface area contributed by atoms with Crippen LogP contribution in [0.5, 0.6) is 0 Å². The summed E-state index contributed by atoms with van der Waals surface area (Å²) in [5, 5.41) is 0. The Hall–Kier alpha value is 0.601. The summed E-state index contributed by atoms with van der Waals surface area (Å²) in [6.07, 6.45) is 0. The molecule has 0 spiro atoms. The molecule has 0 aromatic rings. The zero-order chi connectivity index (χ0) is 17.8. The standard InChI is InChI=1S/C8H20F3NO6S2Si2.Li/c1-16-22(4,5)18-21(2,3)7-6-19(13,14)12-20(15,17-11)8(9)10;/h8H,6-7H2,1-5H3;/q;+1. The van der Waals surface area contributed by atoms with Crippen LogP contribution in [0.3, 0.4) is 0 Å². The molecule has 15 heteroatoms. The molecular formula is C8H20F3LiNO6S2Si2+. The van der Waals surface area contributed by atoms with Gasteiger partial charge in [-0.05, 0) is 36.8 Å². The predicted molar refractivity (Wildman–Crippen MR) is 80.4 cm³/mol. The van der Waals surface area contributed by atoms with Crippen LogP contribution in [-0.2, 0) is 33.0 Å². The Bertz CT molecular complexity index is 595. The van der Waals surface area contributed by atoms with Crippen LogP contribution in [0, 0.1) is 0 Å². The maximum Gasteiger partial charge on any atom is 1.00 e. The van der Waals surface area contributed by atoms with Gasteiger partial charge in [0.05, 0.1) is 5.75 Å². The quantitative estimate of drug-likeness (QED) is 0.472. The van der Waals surface area contributed by atoms with Crippen LogP contribution in [0.4, 0.5) is 13.3 Å². The zero-order valence-corrected chi connectivity index (χ0v) is 17.5. The van der Waals surface area contributed by atoms with Crippen molar-refractivity contribution in [2.75, 3.05) is 12.9 Å². The first-order valence-electron chi connectivity index (χ1n) is 6.02. The molecule has 134 valence electrons. The summed E-state index contributed by atoms with van der Waals surface area (Å²) < 4.78 is 86.9. The van der Waals surface area contributed by atoms with Gasteiger partial charge in [-0.2, -0.15) is 8.78 Å². The molecule has 0 aromatic heterocycles. The van der Waals surface area contributed by atoms with Gasteiger partial charge < -0.3 is 8.54 Å². The van der Waals surface area contributed by atoms with E-state index in [1.807, 2.05) is 0 Å². The Morgan fingerprint density at radius 2 is 1.61 bits per heavy atom. The summed E-state index contributed by atoms with van der Waals surface area (Å²) >= 11 is 0. The molecule has 7 nitrogen and oxygen atoms in total. The fourth-order valence-electron chi connectivity index (χ4n) is 1.40. The minimum Gasteiger partial charge on any atom is -0.436 e. The Labute approximate surface area is 149 Å². The van der Waals surface area contributed by atoms with E-state index in [0.29, 0.717) is 0 Å². The molecule has 23 heavy (non-hydrogen) atoms. The molecule has 0 saturated carbocycles. The van der Waals surface area contributed by atoms with E-state index in [1.54, 1.807) is 26.2 Å². The number of alkyl halides is 2. The van der Waals surface area contributed by atoms with Crippen molar-refractivity contribution in [1.82, 2.24) is 0 Å². The Balaban J connectivity index is 0. The third kappa shape index (κ3) is 9.61. The molecule has 0 fully saturated rings. The minimum atomic E-state index is -5.21. The molecule has 0 aliphatic rings. The van der Waals surface area contributed by atoms with Gasteiger partial charge >= 0.3 is 33.2 Å². The molecule has 0 amide bonds. The van der Waals surface area contributed by atoms with Gasteiger partial charge in [0.2, 0.25) is 0 Å². The number of hydrogen-bond donors (Lipinski definition) is 0. The number of halogens is 3. The van der Waals surface area contributed by atoms with Crippen molar-refractivity contribution in [3.63, 3.8) is 0 Å². The van der Waals surface area contributed by atoms with Crippen LogP contribution in [0.1, 0.15) is 0 Å². The average molecular weight is 410 g/mol. The van der Waals surface area contributed by atoms with Gasteiger partial charge in [-0.3, -0.25) is 0 Å². The molecule has 0 heterocycles. The molecule has 0 rings (SSSR count). The third-order valence-electron chi connectivity index (χ3n) is 2.51. The largest absolute Gasteiger partial charge is 1.00 e. The van der Waals surface area contributed by atoms with E-state index >= 15 is 0 Å². The molecule has 0 saturated heterocycles. The molecule has 0 aliphatic heterocycles. The van der Waals surface area contributed by atoms with Gasteiger partial charge in [0.15, 0.2) is 8.32 Å². The van der Waals surface area contributed by atoms with Crippen molar-refractivity contribution in [2.45, 2.75) is 38.0 Å². The van der Waals surface area contributed by atoms with E-state index in [4.69, 9.17) is 8.54 Å². The number of rotatable bonds is 9. The summed E-state index contributed by atoms with van der Waals surface area (Å²) in [6.45, 7) is 6.96. The SMILES string of the molecule is CO[Si](C)(C)O[Si](C)(C)CCS(=O)(=O)N=S(=O)(OF)C(F)F.[Li+]. The molecule has 0 aromatic carbocycles. The second-order valence-electron chi connectivity index (χ2n) is 5.41. The molecular weight excluding hydrogens is 390 g/mol. The normalized spacial score (nSPS) is 15.9. The topological polar surface area (TPSA) is 91.3 Å². The van der Waals surface area contributed by atoms with Crippen molar-refractivity contribution >= 4 is 36.9 Å². The van der Waals surface area contributed by atoms with Gasteiger partial charge in [0.25, 0.3) is 20.0 Å². The van der Waals surface area contributed by atoms with E-state index in [-0.39, 0.29) is 24.9 Å². The maximum atomic E-state index is 12.3. The van der Waals surface area contributed by atoms with E-state index in [9.17, 15) is 25.9 Å². The maximum absolute atomic E-state index is 12.3. The Kier molecular flexibility index (Phi) is 10.5. The van der Waals surface area contributed by atoms with Crippen molar-refractivity contribution in [1.29, 1.82) is 0 Å². The molecule has 0 radical (unpaired) electrons. The van der Waals surface area contributed by atoms with E-state index in [1.165, 1.54) is 7.11 Å². The summed E-state index contributed by atoms with van der Waals surface area (Å²) in [4.78, 5) is 0. The summed E-state index contributed by atoms with van der Waals surface area (Å²) in [7, 11) is -13.2. The van der Waals surface area contributed by atoms with Gasteiger partial charge in [-0.25, -0.2) is 12.6 Å². The summed E-state index contributed by atoms with van der Waals surface area (Å²) in [6, 6.07) is -0.0103. The smallest absolute Gasteiger partial charge is 0.436 e. The monoisotopic (exact) mass is 410 g/mol. The zero-order valence-electron chi connectivity index (χ0n) is 13.8. The Morgan fingerprint density at radius 3 is 1.96 bits per heavy atom. The van der Waals surface area contributed by atoms with Crippen molar-refractivity contribution in [3.8, 4) is 0 Å². The average Bonchev–Trinajstić information content (AvgIpc) is 2.35. The van der Waals surface area contributed by atoms with Crippen LogP contribution >= 0.6 is 0 Å². The molecule has 0 aliphatic carbocycles. The fourth-order valence-corrected chi connectivity index (χ4v) is 12.4. The Morgan fingerprint density at radius 1 is 1.13 bits per heavy atom. The number of hydrogen-bond acceptors (Lipinski definition) is 6. The molecule has 0 bridgehead atoms. The van der Waals surface area contributed by atoms with E-state index < -0.39 is 48.4 Å². The van der Waals surface area contributed by atoms with Gasteiger partial charge in [-0.1, -0.05) is 8.16 Å². The van der Waals surface area contributed by atoms with Crippen molar-refractivity contribution in [2.24, 2.45) is 3.77 Å². The molecule has 0 N–H and O–H groups in total. The predicted octanol–water partition coefficient (Wildman–Crippen LogP) is -0.603. The van der Waals surface area contributed by atoms with Crippen LogP contribution < -0.4 is 18.9 Å². The number of sulfonamides is 1. The summed E-state index contributed by atoms with van der Waals surface area (Å²) in [5.74, 6) is -4.58. The van der Waals surface area contributed by atoms with E-state index in [2.05, 4.69) is 8.16 Å². The van der Waals surface area contributed by atoms with Crippen LogP contribution in [0.2, 0.25) is 32.2 Å². The second kappa shape index (κ2) is 9.34. The van der Waals surface area contributed by atoms with Crippen LogP contribution in [0.15, 0.2) is 3.77 Å². The van der Waals surface area contributed by atoms with Crippen LogP contribution in [-0.4, -0.2) is 48.1 Å². The second-order valence-corrected chi connectivity index (χ2v) is 17.1. The minimum absolute atomic E-state index is 0. The first-order valence-corrected chi connectivity index (χ1v) is 15.1. The fraction of sp³-hybridized carbons (Fsp3) is 1.00. The van der Waals surface area contributed by atoms with Crippen molar-refractivity contribution < 1.29 is 57.7 Å². The van der Waals surface area contributed by atoms with Crippen molar-refractivity contribution in [3.05, 3.63) is 0 Å². The summed E-state index contributed by atoms with van der Waals surface area (Å²) in [5.41, 5.74) is 0. The first kappa shape index (κ1) is 25.8. The number of nitrogens with zero attached hydrogens (tertiary/aromatic N) is 1. The van der Waals surface area contributed by atoms with Gasteiger partial charge in [0, 0.05) is 7.11 Å². The third-order valence-corrected chi connectivity index (χ3v) is 12.6. The van der Waals surface area contributed by atoms with Gasteiger partial charge in [0.1, 0.15) is 0 Å².